The fourth-order valence-electron chi connectivity index (χ4n) is 4.14. The number of hydrogen-bond donors (Lipinski definition) is 2. The van der Waals surface area contributed by atoms with Crippen LogP contribution in [0, 0.1) is 5.92 Å². The van der Waals surface area contributed by atoms with E-state index in [0.717, 1.165) is 24.1 Å². The fraction of sp³-hybridized carbons (Fsp3) is 0.316. The number of anilines is 1. The molecule has 2 N–H and O–H groups in total. The van der Waals surface area contributed by atoms with E-state index < -0.39 is 6.09 Å². The zero-order valence-electron chi connectivity index (χ0n) is 12.9. The molecule has 0 saturated carbocycles. The summed E-state index contributed by atoms with van der Waals surface area (Å²) >= 11 is 0. The van der Waals surface area contributed by atoms with E-state index in [1.807, 2.05) is 30.3 Å². The quantitative estimate of drug-likeness (QED) is 0.826. The highest BCUT2D eigenvalue weighted by Gasteiger charge is 2.43. The van der Waals surface area contributed by atoms with E-state index in [0.29, 0.717) is 6.54 Å². The van der Waals surface area contributed by atoms with Gasteiger partial charge in [0.05, 0.1) is 12.1 Å². The van der Waals surface area contributed by atoms with Crippen molar-refractivity contribution in [2.45, 2.75) is 24.9 Å². The molecule has 1 fully saturated rings. The van der Waals surface area contributed by atoms with Crippen molar-refractivity contribution in [1.29, 1.82) is 0 Å². The number of carboxylic acid groups (broad SMARTS) is 1. The van der Waals surface area contributed by atoms with Gasteiger partial charge in [0, 0.05) is 18.2 Å². The molecule has 0 bridgehead atoms. The van der Waals surface area contributed by atoms with Gasteiger partial charge in [0.25, 0.3) is 0 Å². The van der Waals surface area contributed by atoms with E-state index in [1.165, 1.54) is 5.56 Å². The molecule has 2 heterocycles. The molecule has 0 spiro atoms. The summed E-state index contributed by atoms with van der Waals surface area (Å²) in [6.45, 7) is 0.617. The summed E-state index contributed by atoms with van der Waals surface area (Å²) in [5.74, 6) is 0.261. The Hall–Kier alpha value is -2.49. The second-order valence-electron chi connectivity index (χ2n) is 6.35. The molecular formula is C19H20N2O2. The minimum Gasteiger partial charge on any atom is -0.465 e. The topological polar surface area (TPSA) is 52.6 Å². The lowest BCUT2D eigenvalue weighted by Crippen LogP contribution is -2.47. The second-order valence-corrected chi connectivity index (χ2v) is 6.35. The summed E-state index contributed by atoms with van der Waals surface area (Å²) in [5.41, 5.74) is 3.38. The van der Waals surface area contributed by atoms with Crippen LogP contribution < -0.4 is 5.32 Å². The average Bonchev–Trinajstić information content (AvgIpc) is 2.61. The fourth-order valence-corrected chi connectivity index (χ4v) is 4.14. The number of fused-ring (bicyclic) bond motifs is 3. The van der Waals surface area contributed by atoms with Crippen LogP contribution in [0.2, 0.25) is 0 Å². The second kappa shape index (κ2) is 5.61. The van der Waals surface area contributed by atoms with Crippen molar-refractivity contribution in [3.63, 3.8) is 0 Å². The van der Waals surface area contributed by atoms with Gasteiger partial charge in [-0.1, -0.05) is 48.5 Å². The maximum atomic E-state index is 11.8. The molecule has 118 valence electrons. The first-order chi connectivity index (χ1) is 11.3. The largest absolute Gasteiger partial charge is 0.465 e. The molecule has 0 unspecified atom stereocenters. The Morgan fingerprint density at radius 1 is 1.09 bits per heavy atom. The molecule has 4 nitrogen and oxygen atoms in total. The van der Waals surface area contributed by atoms with Crippen LogP contribution in [-0.4, -0.2) is 22.6 Å². The number of benzene rings is 2. The Labute approximate surface area is 135 Å². The maximum Gasteiger partial charge on any atom is 0.407 e. The average molecular weight is 308 g/mol. The van der Waals surface area contributed by atoms with Crippen LogP contribution >= 0.6 is 0 Å². The van der Waals surface area contributed by atoms with E-state index in [-0.39, 0.29) is 18.0 Å². The molecule has 0 aliphatic carbocycles. The molecular weight excluding hydrogens is 288 g/mol. The maximum absolute atomic E-state index is 11.8. The number of piperidine rings is 1. The van der Waals surface area contributed by atoms with Gasteiger partial charge < -0.3 is 15.3 Å². The summed E-state index contributed by atoms with van der Waals surface area (Å²) < 4.78 is 0. The van der Waals surface area contributed by atoms with E-state index in [4.69, 9.17) is 0 Å². The number of nitrogens with zero attached hydrogens (tertiary/aromatic N) is 1. The van der Waals surface area contributed by atoms with Crippen LogP contribution in [0.3, 0.4) is 0 Å². The number of nitrogens with one attached hydrogen (secondary N) is 1. The first-order valence-electron chi connectivity index (χ1n) is 8.15. The minimum atomic E-state index is -0.816. The van der Waals surface area contributed by atoms with Gasteiger partial charge in [-0.3, -0.25) is 0 Å². The van der Waals surface area contributed by atoms with Crippen molar-refractivity contribution in [3.8, 4) is 0 Å². The molecule has 2 aliphatic heterocycles. The Kier molecular flexibility index (Phi) is 3.45. The first kappa shape index (κ1) is 14.1. The standard InChI is InChI=1S/C19H20N2O2/c22-19(23)21-12-6-10-15-17(13-7-2-1-3-8-13)20-16-11-5-4-9-14(16)18(15)21/h1-5,7-9,11,15,17-18,20H,6,10,12H2,(H,22,23)/t15-,17-,18-/m1/s1. The van der Waals surface area contributed by atoms with Crippen molar-refractivity contribution in [1.82, 2.24) is 4.90 Å². The van der Waals surface area contributed by atoms with Gasteiger partial charge in [-0.25, -0.2) is 4.79 Å². The highest BCUT2D eigenvalue weighted by molar-refractivity contribution is 5.68. The predicted molar refractivity (Wildman–Crippen MR) is 89.4 cm³/mol. The third-order valence-electron chi connectivity index (χ3n) is 5.10. The predicted octanol–water partition coefficient (Wildman–Crippen LogP) is 4.28. The van der Waals surface area contributed by atoms with Crippen molar-refractivity contribution < 1.29 is 9.90 Å². The third-order valence-corrected chi connectivity index (χ3v) is 5.10. The number of rotatable bonds is 1. The summed E-state index contributed by atoms with van der Waals surface area (Å²) in [6.07, 6.45) is 1.14. The third kappa shape index (κ3) is 2.34. The molecule has 4 heteroatoms. The van der Waals surface area contributed by atoms with Crippen LogP contribution in [0.25, 0.3) is 0 Å². The summed E-state index contributed by atoms with van der Waals surface area (Å²) in [6, 6.07) is 18.6. The number of likely N-dealkylation sites (tertiary alicyclic amines) is 1. The zero-order chi connectivity index (χ0) is 15.8. The van der Waals surface area contributed by atoms with Crippen LogP contribution in [0.1, 0.15) is 36.1 Å². The Bertz CT molecular complexity index is 716. The van der Waals surface area contributed by atoms with E-state index in [9.17, 15) is 9.90 Å². The number of para-hydroxylation sites is 1. The summed E-state index contributed by atoms with van der Waals surface area (Å²) in [7, 11) is 0. The zero-order valence-corrected chi connectivity index (χ0v) is 12.9. The monoisotopic (exact) mass is 308 g/mol. The molecule has 1 amide bonds. The lowest BCUT2D eigenvalue weighted by Gasteiger charge is -2.48. The highest BCUT2D eigenvalue weighted by Crippen LogP contribution is 2.49. The van der Waals surface area contributed by atoms with Gasteiger partial charge in [-0.2, -0.15) is 0 Å². The summed E-state index contributed by atoms with van der Waals surface area (Å²) in [4.78, 5) is 13.4. The van der Waals surface area contributed by atoms with Crippen LogP contribution in [0.15, 0.2) is 54.6 Å². The molecule has 2 aliphatic rings. The van der Waals surface area contributed by atoms with Gasteiger partial charge in [-0.05, 0) is 30.0 Å². The number of carbonyl (C=O) groups is 1. The minimum absolute atomic E-state index is 0.0658. The van der Waals surface area contributed by atoms with E-state index >= 15 is 0 Å². The van der Waals surface area contributed by atoms with Crippen molar-refractivity contribution >= 4 is 11.8 Å². The molecule has 2 aromatic rings. The molecule has 2 aromatic carbocycles. The smallest absolute Gasteiger partial charge is 0.407 e. The van der Waals surface area contributed by atoms with E-state index in [1.54, 1.807) is 4.90 Å². The van der Waals surface area contributed by atoms with E-state index in [2.05, 4.69) is 29.6 Å². The highest BCUT2D eigenvalue weighted by atomic mass is 16.4. The molecule has 4 rings (SSSR count). The molecule has 1 saturated heterocycles. The SMILES string of the molecule is O=C(O)N1CCC[C@@H]2[C@@H](c3ccccc3)Nc3ccccc3[C@H]21. The van der Waals surface area contributed by atoms with Gasteiger partial charge in [-0.15, -0.1) is 0 Å². The van der Waals surface area contributed by atoms with Crippen molar-refractivity contribution in [2.24, 2.45) is 5.92 Å². The molecule has 0 radical (unpaired) electrons. The van der Waals surface area contributed by atoms with Crippen LogP contribution in [0.4, 0.5) is 10.5 Å². The lowest BCUT2D eigenvalue weighted by molar-refractivity contribution is 0.0682. The molecule has 3 atom stereocenters. The number of hydrogen-bond acceptors (Lipinski definition) is 2. The molecule has 23 heavy (non-hydrogen) atoms. The Balaban J connectivity index is 1.82. The van der Waals surface area contributed by atoms with Gasteiger partial charge in [0.1, 0.15) is 0 Å². The normalized spacial score (nSPS) is 25.9. The van der Waals surface area contributed by atoms with Gasteiger partial charge >= 0.3 is 6.09 Å². The Morgan fingerprint density at radius 3 is 2.61 bits per heavy atom. The lowest BCUT2D eigenvalue weighted by atomic mass is 9.74. The van der Waals surface area contributed by atoms with Crippen molar-refractivity contribution in [2.75, 3.05) is 11.9 Å². The molecule has 0 aromatic heterocycles. The van der Waals surface area contributed by atoms with Gasteiger partial charge in [0.2, 0.25) is 0 Å². The van der Waals surface area contributed by atoms with Crippen LogP contribution in [-0.2, 0) is 0 Å². The van der Waals surface area contributed by atoms with Crippen LogP contribution in [0.5, 0.6) is 0 Å². The summed E-state index contributed by atoms with van der Waals surface area (Å²) in [5, 5.41) is 13.3. The van der Waals surface area contributed by atoms with Crippen molar-refractivity contribution in [3.05, 3.63) is 65.7 Å². The Morgan fingerprint density at radius 2 is 1.83 bits per heavy atom. The first-order valence-corrected chi connectivity index (χ1v) is 8.15. The van der Waals surface area contributed by atoms with Gasteiger partial charge in [0.15, 0.2) is 0 Å². The number of amides is 1.